The normalized spacial score (nSPS) is 15.1. The molecule has 21 heavy (non-hydrogen) atoms. The second-order valence-corrected chi connectivity index (χ2v) is 6.59. The van der Waals surface area contributed by atoms with Gasteiger partial charge in [0.05, 0.1) is 11.6 Å². The highest BCUT2D eigenvalue weighted by Crippen LogP contribution is 2.33. The van der Waals surface area contributed by atoms with Crippen molar-refractivity contribution in [3.05, 3.63) is 41.6 Å². The van der Waals surface area contributed by atoms with Crippen molar-refractivity contribution in [3.8, 4) is 0 Å². The molecule has 2 aromatic rings. The average molecular weight is 287 g/mol. The number of hydrogen-bond donors (Lipinski definition) is 1. The zero-order valence-electron chi connectivity index (χ0n) is 13.6. The molecule has 2 rings (SSSR count). The molecule has 0 saturated carbocycles. The molecule has 0 bridgehead atoms. The van der Waals surface area contributed by atoms with Crippen molar-refractivity contribution in [2.24, 2.45) is 5.41 Å². The molecule has 1 heterocycles. The second kappa shape index (κ2) is 6.12. The molecule has 3 nitrogen and oxygen atoms in total. The van der Waals surface area contributed by atoms with Crippen molar-refractivity contribution in [2.75, 3.05) is 6.61 Å². The van der Waals surface area contributed by atoms with Gasteiger partial charge in [0.2, 0.25) is 0 Å². The molecule has 0 aliphatic carbocycles. The third-order valence-corrected chi connectivity index (χ3v) is 3.68. The summed E-state index contributed by atoms with van der Waals surface area (Å²) >= 11 is 0. The van der Waals surface area contributed by atoms with Gasteiger partial charge < -0.3 is 9.84 Å². The highest BCUT2D eigenvalue weighted by molar-refractivity contribution is 5.79. The van der Waals surface area contributed by atoms with Crippen LogP contribution in [0.5, 0.6) is 0 Å². The Morgan fingerprint density at radius 3 is 2.52 bits per heavy atom. The number of benzene rings is 1. The predicted octanol–water partition coefficient (Wildman–Crippen LogP) is 4.03. The summed E-state index contributed by atoms with van der Waals surface area (Å²) in [5.74, 6) is 0. The Balaban J connectivity index is 2.37. The molecule has 3 heteroatoms. The van der Waals surface area contributed by atoms with E-state index in [1.54, 1.807) is 0 Å². The van der Waals surface area contributed by atoms with Crippen LogP contribution in [0.3, 0.4) is 0 Å². The molecular formula is C18H25NO2. The van der Waals surface area contributed by atoms with Crippen LogP contribution < -0.4 is 0 Å². The van der Waals surface area contributed by atoms with E-state index in [0.29, 0.717) is 6.61 Å². The fraction of sp³-hybridized carbons (Fsp3) is 0.500. The lowest BCUT2D eigenvalue weighted by molar-refractivity contribution is -0.0898. The molecule has 0 aliphatic rings. The number of fused-ring (bicyclic) bond motifs is 1. The standard InChI is InChI=1S/C18H25NO2/c1-6-21-17(18(3,4)5)16(20)14-9-10-15-13(11-14)8-7-12(2)19-15/h7-11,16-17,20H,6H2,1-5H3. The quantitative estimate of drug-likeness (QED) is 0.923. The van der Waals surface area contributed by atoms with E-state index < -0.39 is 6.10 Å². The fourth-order valence-corrected chi connectivity index (χ4v) is 2.60. The summed E-state index contributed by atoms with van der Waals surface area (Å²) < 4.78 is 5.79. The summed E-state index contributed by atoms with van der Waals surface area (Å²) in [6.45, 7) is 10.8. The molecule has 2 atom stereocenters. The zero-order valence-corrected chi connectivity index (χ0v) is 13.6. The summed E-state index contributed by atoms with van der Waals surface area (Å²) in [5.41, 5.74) is 2.70. The SMILES string of the molecule is CCOC(C(O)c1ccc2nc(C)ccc2c1)C(C)(C)C. The maximum absolute atomic E-state index is 10.7. The lowest BCUT2D eigenvalue weighted by Gasteiger charge is -2.34. The van der Waals surface area contributed by atoms with Crippen LogP contribution in [0.1, 0.15) is 45.1 Å². The number of pyridine rings is 1. The number of hydrogen-bond acceptors (Lipinski definition) is 3. The van der Waals surface area contributed by atoms with Crippen molar-refractivity contribution in [3.63, 3.8) is 0 Å². The highest BCUT2D eigenvalue weighted by Gasteiger charge is 2.32. The van der Waals surface area contributed by atoms with Gasteiger partial charge in [0.25, 0.3) is 0 Å². The van der Waals surface area contributed by atoms with Crippen LogP contribution in [0.15, 0.2) is 30.3 Å². The first kappa shape index (κ1) is 15.9. The van der Waals surface area contributed by atoms with E-state index in [0.717, 1.165) is 22.2 Å². The maximum atomic E-state index is 10.7. The van der Waals surface area contributed by atoms with Gasteiger partial charge in [0.15, 0.2) is 0 Å². The summed E-state index contributed by atoms with van der Waals surface area (Å²) in [6, 6.07) is 9.94. The summed E-state index contributed by atoms with van der Waals surface area (Å²) in [7, 11) is 0. The Morgan fingerprint density at radius 2 is 1.90 bits per heavy atom. The number of aromatic nitrogens is 1. The summed E-state index contributed by atoms with van der Waals surface area (Å²) in [5, 5.41) is 11.8. The molecule has 0 aliphatic heterocycles. The second-order valence-electron chi connectivity index (χ2n) is 6.59. The maximum Gasteiger partial charge on any atom is 0.106 e. The first-order valence-corrected chi connectivity index (χ1v) is 7.50. The molecule has 0 radical (unpaired) electrons. The van der Waals surface area contributed by atoms with Crippen molar-refractivity contribution in [1.29, 1.82) is 0 Å². The van der Waals surface area contributed by atoms with Gasteiger partial charge in [0, 0.05) is 17.7 Å². The van der Waals surface area contributed by atoms with Gasteiger partial charge in [0.1, 0.15) is 6.10 Å². The zero-order chi connectivity index (χ0) is 15.6. The first-order valence-electron chi connectivity index (χ1n) is 7.50. The topological polar surface area (TPSA) is 42.4 Å². The van der Waals surface area contributed by atoms with Gasteiger partial charge >= 0.3 is 0 Å². The van der Waals surface area contributed by atoms with E-state index in [2.05, 4.69) is 25.8 Å². The van der Waals surface area contributed by atoms with Crippen molar-refractivity contribution >= 4 is 10.9 Å². The molecule has 2 unspecified atom stereocenters. The van der Waals surface area contributed by atoms with Crippen LogP contribution >= 0.6 is 0 Å². The largest absolute Gasteiger partial charge is 0.386 e. The van der Waals surface area contributed by atoms with E-state index in [9.17, 15) is 5.11 Å². The predicted molar refractivity (Wildman–Crippen MR) is 86.3 cm³/mol. The third kappa shape index (κ3) is 3.60. The van der Waals surface area contributed by atoms with E-state index in [1.807, 2.05) is 44.2 Å². The molecule has 0 spiro atoms. The number of rotatable bonds is 4. The number of nitrogens with zero attached hydrogens (tertiary/aromatic N) is 1. The molecule has 0 amide bonds. The smallest absolute Gasteiger partial charge is 0.106 e. The van der Waals surface area contributed by atoms with Crippen molar-refractivity contribution in [1.82, 2.24) is 4.98 Å². The van der Waals surface area contributed by atoms with E-state index in [1.165, 1.54) is 0 Å². The van der Waals surface area contributed by atoms with Gasteiger partial charge in [-0.2, -0.15) is 0 Å². The number of ether oxygens (including phenoxy) is 1. The molecule has 114 valence electrons. The third-order valence-electron chi connectivity index (χ3n) is 3.68. The first-order chi connectivity index (χ1) is 9.82. The average Bonchev–Trinajstić information content (AvgIpc) is 2.42. The summed E-state index contributed by atoms with van der Waals surface area (Å²) in [6.07, 6.45) is -0.881. The lowest BCUT2D eigenvalue weighted by Crippen LogP contribution is -2.35. The molecule has 1 aromatic carbocycles. The summed E-state index contributed by atoms with van der Waals surface area (Å²) in [4.78, 5) is 4.49. The minimum atomic E-state index is -0.643. The van der Waals surface area contributed by atoms with Crippen LogP contribution in [-0.4, -0.2) is 22.8 Å². The van der Waals surface area contributed by atoms with Crippen LogP contribution in [0, 0.1) is 12.3 Å². The Kier molecular flexibility index (Phi) is 4.64. The van der Waals surface area contributed by atoms with Gasteiger partial charge in [-0.1, -0.05) is 32.9 Å². The van der Waals surface area contributed by atoms with E-state index in [-0.39, 0.29) is 11.5 Å². The molecule has 1 aromatic heterocycles. The number of aryl methyl sites for hydroxylation is 1. The fourth-order valence-electron chi connectivity index (χ4n) is 2.60. The van der Waals surface area contributed by atoms with Crippen LogP contribution in [0.2, 0.25) is 0 Å². The van der Waals surface area contributed by atoms with E-state index in [4.69, 9.17) is 4.74 Å². The van der Waals surface area contributed by atoms with Gasteiger partial charge in [-0.05, 0) is 43.0 Å². The molecule has 1 N–H and O–H groups in total. The molecule has 0 saturated heterocycles. The van der Waals surface area contributed by atoms with Crippen molar-refractivity contribution < 1.29 is 9.84 Å². The highest BCUT2D eigenvalue weighted by atomic mass is 16.5. The lowest BCUT2D eigenvalue weighted by atomic mass is 9.83. The van der Waals surface area contributed by atoms with Gasteiger partial charge in [-0.25, -0.2) is 0 Å². The van der Waals surface area contributed by atoms with Crippen LogP contribution in [0.25, 0.3) is 10.9 Å². The minimum Gasteiger partial charge on any atom is -0.386 e. The Hall–Kier alpha value is -1.45. The molecule has 0 fully saturated rings. The van der Waals surface area contributed by atoms with Gasteiger partial charge in [-0.15, -0.1) is 0 Å². The van der Waals surface area contributed by atoms with Crippen LogP contribution in [-0.2, 0) is 4.74 Å². The van der Waals surface area contributed by atoms with Gasteiger partial charge in [-0.3, -0.25) is 4.98 Å². The number of aliphatic hydroxyl groups is 1. The number of aliphatic hydroxyl groups excluding tert-OH is 1. The Bertz CT molecular complexity index is 616. The van der Waals surface area contributed by atoms with Crippen molar-refractivity contribution in [2.45, 2.75) is 46.8 Å². The van der Waals surface area contributed by atoms with Crippen LogP contribution in [0.4, 0.5) is 0 Å². The van der Waals surface area contributed by atoms with E-state index >= 15 is 0 Å². The Labute approximate surface area is 127 Å². The Morgan fingerprint density at radius 1 is 1.19 bits per heavy atom. The molecular weight excluding hydrogens is 262 g/mol. The monoisotopic (exact) mass is 287 g/mol. The minimum absolute atomic E-state index is 0.129.